The molecule has 9 heteroatoms. The van der Waals surface area contributed by atoms with Gasteiger partial charge in [0.2, 0.25) is 17.6 Å². The van der Waals surface area contributed by atoms with Crippen molar-refractivity contribution in [1.29, 1.82) is 0 Å². The van der Waals surface area contributed by atoms with Crippen LogP contribution in [0.15, 0.2) is 47.0 Å². The minimum atomic E-state index is -0.0705. The van der Waals surface area contributed by atoms with Gasteiger partial charge in [0.15, 0.2) is 11.5 Å². The van der Waals surface area contributed by atoms with Gasteiger partial charge in [-0.1, -0.05) is 41.1 Å². The van der Waals surface area contributed by atoms with Crippen LogP contribution < -0.4 is 14.8 Å². The topological polar surface area (TPSA) is 99.0 Å². The number of morpholine rings is 1. The molecule has 0 unspecified atom stereocenters. The van der Waals surface area contributed by atoms with Crippen LogP contribution in [-0.2, 0) is 16.0 Å². The van der Waals surface area contributed by atoms with Crippen molar-refractivity contribution in [1.82, 2.24) is 20.4 Å². The van der Waals surface area contributed by atoms with Crippen molar-refractivity contribution in [3.05, 3.63) is 59.5 Å². The Morgan fingerprint density at radius 2 is 1.83 bits per heavy atom. The lowest BCUT2D eigenvalue weighted by Gasteiger charge is -2.35. The Morgan fingerprint density at radius 3 is 2.54 bits per heavy atom. The third-order valence-electron chi connectivity index (χ3n) is 6.12. The lowest BCUT2D eigenvalue weighted by atomic mass is 10.0. The van der Waals surface area contributed by atoms with Crippen LogP contribution in [0.2, 0.25) is 0 Å². The summed E-state index contributed by atoms with van der Waals surface area (Å²) in [4.78, 5) is 19.4. The molecule has 2 aromatic carbocycles. The van der Waals surface area contributed by atoms with E-state index in [1.54, 1.807) is 14.2 Å². The number of aryl methyl sites for hydroxylation is 2. The number of rotatable bonds is 10. The van der Waals surface area contributed by atoms with Crippen LogP contribution in [0.25, 0.3) is 11.4 Å². The number of benzene rings is 2. The summed E-state index contributed by atoms with van der Waals surface area (Å²) in [5, 5.41) is 7.12. The lowest BCUT2D eigenvalue weighted by Crippen LogP contribution is -2.43. The monoisotopic (exact) mass is 480 g/mol. The molecular formula is C26H32N4O5. The second-order valence-corrected chi connectivity index (χ2v) is 8.46. The van der Waals surface area contributed by atoms with E-state index in [0.29, 0.717) is 49.4 Å². The van der Waals surface area contributed by atoms with Crippen molar-refractivity contribution in [3.8, 4) is 22.9 Å². The fourth-order valence-electron chi connectivity index (χ4n) is 4.10. The summed E-state index contributed by atoms with van der Waals surface area (Å²) in [7, 11) is 3.24. The fraction of sp³-hybridized carbons (Fsp3) is 0.423. The molecule has 35 heavy (non-hydrogen) atoms. The van der Waals surface area contributed by atoms with Gasteiger partial charge in [0.05, 0.1) is 33.5 Å². The number of carbonyl (C=O) groups excluding carboxylic acids is 1. The molecule has 3 aromatic rings. The summed E-state index contributed by atoms with van der Waals surface area (Å²) in [5.41, 5.74) is 3.10. The highest BCUT2D eigenvalue weighted by atomic mass is 16.5. The molecule has 1 saturated heterocycles. The molecule has 2 heterocycles. The normalized spacial score (nSPS) is 14.9. The first-order valence-electron chi connectivity index (χ1n) is 11.8. The van der Waals surface area contributed by atoms with Gasteiger partial charge in [-0.2, -0.15) is 4.98 Å². The van der Waals surface area contributed by atoms with Crippen molar-refractivity contribution in [2.45, 2.75) is 25.8 Å². The number of hydrogen-bond donors (Lipinski definition) is 1. The van der Waals surface area contributed by atoms with Crippen LogP contribution in [-0.4, -0.2) is 68.0 Å². The molecule has 0 saturated carbocycles. The Morgan fingerprint density at radius 1 is 1.09 bits per heavy atom. The van der Waals surface area contributed by atoms with E-state index >= 15 is 0 Å². The number of carbonyl (C=O) groups is 1. The molecule has 186 valence electrons. The van der Waals surface area contributed by atoms with E-state index in [-0.39, 0.29) is 18.4 Å². The van der Waals surface area contributed by atoms with Crippen molar-refractivity contribution in [2.75, 3.05) is 47.1 Å². The fourth-order valence-corrected chi connectivity index (χ4v) is 4.10. The molecule has 4 rings (SSSR count). The number of amides is 1. The molecule has 9 nitrogen and oxygen atoms in total. The molecule has 0 spiro atoms. The zero-order valence-corrected chi connectivity index (χ0v) is 20.5. The quantitative estimate of drug-likeness (QED) is 0.472. The second kappa shape index (κ2) is 11.8. The molecule has 0 radical (unpaired) electrons. The van der Waals surface area contributed by atoms with Gasteiger partial charge in [-0.05, 0) is 24.6 Å². The second-order valence-electron chi connectivity index (χ2n) is 8.46. The molecule has 0 aliphatic carbocycles. The van der Waals surface area contributed by atoms with Crippen LogP contribution in [0.3, 0.4) is 0 Å². The number of methoxy groups -OCH3 is 2. The van der Waals surface area contributed by atoms with Crippen molar-refractivity contribution in [3.63, 3.8) is 0 Å². The van der Waals surface area contributed by atoms with E-state index in [0.717, 1.165) is 29.8 Å². The van der Waals surface area contributed by atoms with Crippen molar-refractivity contribution < 1.29 is 23.5 Å². The smallest absolute Gasteiger partial charge is 0.227 e. The van der Waals surface area contributed by atoms with Gasteiger partial charge in [0.1, 0.15) is 0 Å². The van der Waals surface area contributed by atoms with Crippen LogP contribution in [0.1, 0.15) is 29.5 Å². The number of aromatic nitrogens is 2. The lowest BCUT2D eigenvalue weighted by molar-refractivity contribution is -0.121. The van der Waals surface area contributed by atoms with E-state index < -0.39 is 0 Å². The molecule has 1 aromatic heterocycles. The number of hydrogen-bond acceptors (Lipinski definition) is 8. The Kier molecular flexibility index (Phi) is 8.33. The first-order valence-corrected chi connectivity index (χ1v) is 11.8. The number of ether oxygens (including phenoxy) is 3. The van der Waals surface area contributed by atoms with Gasteiger partial charge in [0.25, 0.3) is 0 Å². The predicted octanol–water partition coefficient (Wildman–Crippen LogP) is 3.18. The van der Waals surface area contributed by atoms with Crippen molar-refractivity contribution in [2.24, 2.45) is 0 Å². The summed E-state index contributed by atoms with van der Waals surface area (Å²) < 4.78 is 21.7. The minimum absolute atomic E-state index is 0.0146. The molecule has 0 bridgehead atoms. The molecule has 1 aliphatic rings. The van der Waals surface area contributed by atoms with Crippen LogP contribution >= 0.6 is 0 Å². The maximum absolute atomic E-state index is 12.7. The first kappa shape index (κ1) is 24.7. The van der Waals surface area contributed by atoms with Crippen molar-refractivity contribution >= 4 is 5.91 Å². The van der Waals surface area contributed by atoms with E-state index in [2.05, 4.69) is 20.4 Å². The Balaban J connectivity index is 1.37. The molecular weight excluding hydrogens is 448 g/mol. The highest BCUT2D eigenvalue weighted by Crippen LogP contribution is 2.32. The van der Waals surface area contributed by atoms with Gasteiger partial charge in [-0.25, -0.2) is 0 Å². The van der Waals surface area contributed by atoms with Gasteiger partial charge >= 0.3 is 0 Å². The van der Waals surface area contributed by atoms with Gasteiger partial charge in [0, 0.05) is 38.0 Å². The van der Waals surface area contributed by atoms with Gasteiger partial charge < -0.3 is 24.1 Å². The summed E-state index contributed by atoms with van der Waals surface area (Å²) in [5.74, 6) is 2.24. The molecule has 1 atom stereocenters. The maximum atomic E-state index is 12.7. The third-order valence-corrected chi connectivity index (χ3v) is 6.12. The third kappa shape index (κ3) is 6.37. The number of nitrogens with zero attached hydrogens (tertiary/aromatic N) is 3. The highest BCUT2D eigenvalue weighted by Gasteiger charge is 2.24. The van der Waals surface area contributed by atoms with Gasteiger partial charge in [-0.3, -0.25) is 9.69 Å². The van der Waals surface area contributed by atoms with E-state index in [9.17, 15) is 4.79 Å². The highest BCUT2D eigenvalue weighted by molar-refractivity contribution is 5.76. The Labute approximate surface area is 205 Å². The van der Waals surface area contributed by atoms with Crippen LogP contribution in [0, 0.1) is 6.92 Å². The summed E-state index contributed by atoms with van der Waals surface area (Å²) >= 11 is 0. The first-order chi connectivity index (χ1) is 17.1. The standard InChI is InChI=1S/C26H32N4O5/c1-18-4-6-19(7-5-18)26-28-25(35-29-26)11-10-24(31)27-17-21(30-12-14-34-15-13-30)20-8-9-22(32-2)23(16-20)33-3/h4-9,16,21H,10-15,17H2,1-3H3,(H,27,31)/t21-/m0/s1. The Bertz CT molecular complexity index is 1110. The largest absolute Gasteiger partial charge is 0.493 e. The minimum Gasteiger partial charge on any atom is -0.493 e. The zero-order valence-electron chi connectivity index (χ0n) is 20.5. The van der Waals surface area contributed by atoms with E-state index in [1.807, 2.05) is 49.4 Å². The molecule has 1 amide bonds. The summed E-state index contributed by atoms with van der Waals surface area (Å²) in [6, 6.07) is 13.8. The average molecular weight is 481 g/mol. The van der Waals surface area contributed by atoms with Crippen LogP contribution in [0.5, 0.6) is 11.5 Å². The maximum Gasteiger partial charge on any atom is 0.227 e. The predicted molar refractivity (Wildman–Crippen MR) is 130 cm³/mol. The van der Waals surface area contributed by atoms with Crippen LogP contribution in [0.4, 0.5) is 0 Å². The molecule has 1 N–H and O–H groups in total. The molecule has 1 fully saturated rings. The summed E-state index contributed by atoms with van der Waals surface area (Å²) in [6.45, 7) is 5.40. The zero-order chi connectivity index (χ0) is 24.6. The Hall–Kier alpha value is -3.43. The number of nitrogens with one attached hydrogen (secondary N) is 1. The molecule has 1 aliphatic heterocycles. The van der Waals surface area contributed by atoms with E-state index in [1.165, 1.54) is 0 Å². The SMILES string of the molecule is COc1ccc([C@H](CNC(=O)CCc2nc(-c3ccc(C)cc3)no2)N2CCOCC2)cc1OC. The van der Waals surface area contributed by atoms with E-state index in [4.69, 9.17) is 18.7 Å². The van der Waals surface area contributed by atoms with Gasteiger partial charge in [-0.15, -0.1) is 0 Å². The summed E-state index contributed by atoms with van der Waals surface area (Å²) in [6.07, 6.45) is 0.639. The average Bonchev–Trinajstić information content (AvgIpc) is 3.37.